The Bertz CT molecular complexity index is 1310. The maximum Gasteiger partial charge on any atom is 0.234 e. The lowest BCUT2D eigenvalue weighted by atomic mass is 9.99. The van der Waals surface area contributed by atoms with Crippen LogP contribution in [0.4, 0.5) is 5.69 Å². The Hall–Kier alpha value is -3.29. The molecule has 6 nitrogen and oxygen atoms in total. The van der Waals surface area contributed by atoms with E-state index < -0.39 is 0 Å². The van der Waals surface area contributed by atoms with E-state index >= 15 is 0 Å². The van der Waals surface area contributed by atoms with Gasteiger partial charge < -0.3 is 10.1 Å². The highest BCUT2D eigenvalue weighted by molar-refractivity contribution is 7.99. The van der Waals surface area contributed by atoms with Crippen molar-refractivity contribution in [1.29, 1.82) is 0 Å². The highest BCUT2D eigenvalue weighted by Gasteiger charge is 2.18. The first-order valence-electron chi connectivity index (χ1n) is 12.0. The summed E-state index contributed by atoms with van der Waals surface area (Å²) in [4.78, 5) is 12.7. The lowest BCUT2D eigenvalue weighted by Gasteiger charge is -2.12. The van der Waals surface area contributed by atoms with Crippen LogP contribution >= 0.6 is 23.4 Å². The van der Waals surface area contributed by atoms with Crippen LogP contribution in [0.15, 0.2) is 78.0 Å². The number of halogens is 1. The van der Waals surface area contributed by atoms with Crippen molar-refractivity contribution in [3.63, 3.8) is 0 Å². The van der Waals surface area contributed by atoms with Gasteiger partial charge in [-0.15, -0.1) is 10.2 Å². The van der Waals surface area contributed by atoms with E-state index in [2.05, 4.69) is 41.5 Å². The minimum absolute atomic E-state index is 0.109. The van der Waals surface area contributed by atoms with Gasteiger partial charge in [0.25, 0.3) is 0 Å². The lowest BCUT2D eigenvalue weighted by molar-refractivity contribution is -0.113. The van der Waals surface area contributed by atoms with Crippen LogP contribution < -0.4 is 10.1 Å². The number of amides is 1. The molecule has 3 aromatic carbocycles. The molecule has 0 bridgehead atoms. The van der Waals surface area contributed by atoms with Crippen LogP contribution in [-0.2, 0) is 4.79 Å². The van der Waals surface area contributed by atoms with Gasteiger partial charge in [-0.3, -0.25) is 9.36 Å². The maximum absolute atomic E-state index is 12.7. The number of hydrogen-bond acceptors (Lipinski definition) is 5. The molecule has 1 atom stereocenters. The number of nitrogens with one attached hydrogen (secondary N) is 1. The van der Waals surface area contributed by atoms with Gasteiger partial charge in [-0.2, -0.15) is 0 Å². The molecule has 1 N–H and O–H groups in total. The molecule has 1 heterocycles. The number of hydrogen-bond donors (Lipinski definition) is 1. The molecule has 0 aliphatic heterocycles. The summed E-state index contributed by atoms with van der Waals surface area (Å²) in [6.07, 6.45) is 1.08. The smallest absolute Gasteiger partial charge is 0.234 e. The van der Waals surface area contributed by atoms with Crippen LogP contribution in [0, 0.1) is 0 Å². The Morgan fingerprint density at radius 3 is 2.47 bits per heavy atom. The molecule has 0 fully saturated rings. The zero-order valence-electron chi connectivity index (χ0n) is 20.6. The number of carbonyl (C=O) groups is 1. The summed E-state index contributed by atoms with van der Waals surface area (Å²) < 4.78 is 7.52. The predicted octanol–water partition coefficient (Wildman–Crippen LogP) is 7.23. The number of rotatable bonds is 10. The van der Waals surface area contributed by atoms with E-state index in [0.29, 0.717) is 28.5 Å². The fourth-order valence-electron chi connectivity index (χ4n) is 3.73. The average molecular weight is 521 g/mol. The lowest BCUT2D eigenvalue weighted by Crippen LogP contribution is -2.14. The van der Waals surface area contributed by atoms with Gasteiger partial charge in [0.05, 0.1) is 12.4 Å². The summed E-state index contributed by atoms with van der Waals surface area (Å²) in [6.45, 7) is 6.91. The quantitative estimate of drug-likeness (QED) is 0.223. The number of aromatic nitrogens is 3. The third-order valence-electron chi connectivity index (χ3n) is 5.83. The molecule has 0 aliphatic carbocycles. The number of benzene rings is 3. The molecule has 4 aromatic rings. The molecule has 1 amide bonds. The first-order chi connectivity index (χ1) is 17.5. The van der Waals surface area contributed by atoms with Crippen LogP contribution in [0.5, 0.6) is 5.75 Å². The van der Waals surface area contributed by atoms with Gasteiger partial charge in [0, 0.05) is 22.0 Å². The average Bonchev–Trinajstić information content (AvgIpc) is 3.32. The summed E-state index contributed by atoms with van der Waals surface area (Å²) in [5, 5.41) is 13.0. The third-order valence-corrected chi connectivity index (χ3v) is 6.99. The zero-order valence-corrected chi connectivity index (χ0v) is 22.1. The van der Waals surface area contributed by atoms with Crippen LogP contribution in [0.1, 0.15) is 38.7 Å². The maximum atomic E-state index is 12.7. The topological polar surface area (TPSA) is 69.0 Å². The molecule has 36 heavy (non-hydrogen) atoms. The summed E-state index contributed by atoms with van der Waals surface area (Å²) in [5.74, 6) is 2.00. The van der Waals surface area contributed by atoms with Gasteiger partial charge in [0.1, 0.15) is 5.75 Å². The summed E-state index contributed by atoms with van der Waals surface area (Å²) in [7, 11) is 0. The number of anilines is 1. The van der Waals surface area contributed by atoms with Crippen molar-refractivity contribution < 1.29 is 9.53 Å². The fourth-order valence-corrected chi connectivity index (χ4v) is 4.67. The Morgan fingerprint density at radius 2 is 1.81 bits per heavy atom. The second-order valence-electron chi connectivity index (χ2n) is 8.35. The van der Waals surface area contributed by atoms with Crippen LogP contribution in [0.3, 0.4) is 0 Å². The van der Waals surface area contributed by atoms with Gasteiger partial charge >= 0.3 is 0 Å². The molecule has 4 rings (SSSR count). The third kappa shape index (κ3) is 6.28. The Labute approximate surface area is 221 Å². The second-order valence-corrected chi connectivity index (χ2v) is 9.73. The second kappa shape index (κ2) is 12.1. The minimum Gasteiger partial charge on any atom is -0.494 e. The van der Waals surface area contributed by atoms with E-state index in [9.17, 15) is 4.79 Å². The Kier molecular flexibility index (Phi) is 8.67. The van der Waals surface area contributed by atoms with Gasteiger partial charge in [-0.1, -0.05) is 61.5 Å². The molecule has 0 aliphatic rings. The van der Waals surface area contributed by atoms with Crippen molar-refractivity contribution in [2.45, 2.75) is 38.3 Å². The van der Waals surface area contributed by atoms with Crippen molar-refractivity contribution in [3.05, 3.63) is 83.4 Å². The van der Waals surface area contributed by atoms with E-state index in [1.54, 1.807) is 0 Å². The molecule has 1 aromatic heterocycles. The van der Waals surface area contributed by atoms with Crippen molar-refractivity contribution >= 4 is 35.0 Å². The highest BCUT2D eigenvalue weighted by atomic mass is 35.5. The number of ether oxygens (including phenoxy) is 1. The first kappa shape index (κ1) is 25.8. The predicted molar refractivity (Wildman–Crippen MR) is 147 cm³/mol. The largest absolute Gasteiger partial charge is 0.494 e. The van der Waals surface area contributed by atoms with E-state index in [1.807, 2.05) is 72.2 Å². The minimum atomic E-state index is -0.109. The van der Waals surface area contributed by atoms with E-state index in [1.165, 1.54) is 17.3 Å². The SMILES string of the molecule is CCOc1ccc(-n2c(SCC(=O)Nc3ccc([C@@H](C)CC)cc3)nnc2-c2cccc(Cl)c2)cc1. The monoisotopic (exact) mass is 520 g/mol. The summed E-state index contributed by atoms with van der Waals surface area (Å²) >= 11 is 7.57. The van der Waals surface area contributed by atoms with Crippen molar-refractivity contribution in [2.24, 2.45) is 0 Å². The van der Waals surface area contributed by atoms with E-state index in [0.717, 1.165) is 29.1 Å². The number of carbonyl (C=O) groups excluding carboxylic acids is 1. The van der Waals surface area contributed by atoms with Crippen molar-refractivity contribution in [3.8, 4) is 22.8 Å². The molecule has 0 radical (unpaired) electrons. The van der Waals surface area contributed by atoms with Gasteiger partial charge in [-0.05, 0) is 73.4 Å². The highest BCUT2D eigenvalue weighted by Crippen LogP contribution is 2.30. The first-order valence-corrected chi connectivity index (χ1v) is 13.3. The molecular weight excluding hydrogens is 492 g/mol. The van der Waals surface area contributed by atoms with Crippen molar-refractivity contribution in [1.82, 2.24) is 14.8 Å². The standard InChI is InChI=1S/C28H29ClN4O2S/c1-4-19(3)20-9-11-23(12-10-20)30-26(34)18-36-28-32-31-27(21-7-6-8-22(29)17-21)33(28)24-13-15-25(16-14-24)35-5-2/h6-17,19H,4-5,18H2,1-3H3,(H,30,34)/t19-/m0/s1. The molecule has 0 saturated heterocycles. The van der Waals surface area contributed by atoms with Crippen molar-refractivity contribution in [2.75, 3.05) is 17.7 Å². The van der Waals surface area contributed by atoms with Gasteiger partial charge in [-0.25, -0.2) is 0 Å². The van der Waals surface area contributed by atoms with Gasteiger partial charge in [0.15, 0.2) is 11.0 Å². The Balaban J connectivity index is 1.54. The summed E-state index contributed by atoms with van der Waals surface area (Å²) in [6, 6.07) is 23.2. The number of thioether (sulfide) groups is 1. The molecule has 186 valence electrons. The van der Waals surface area contributed by atoms with Crippen LogP contribution in [-0.4, -0.2) is 33.0 Å². The molecule has 8 heteroatoms. The van der Waals surface area contributed by atoms with E-state index in [-0.39, 0.29) is 11.7 Å². The molecule has 0 spiro atoms. The van der Waals surface area contributed by atoms with Gasteiger partial charge in [0.2, 0.25) is 5.91 Å². The Morgan fingerprint density at radius 1 is 1.06 bits per heavy atom. The molecule has 0 saturated carbocycles. The normalized spacial score (nSPS) is 11.8. The van der Waals surface area contributed by atoms with Crippen LogP contribution in [0.2, 0.25) is 5.02 Å². The number of nitrogens with zero attached hydrogens (tertiary/aromatic N) is 3. The molecule has 0 unspecified atom stereocenters. The summed E-state index contributed by atoms with van der Waals surface area (Å²) in [5.41, 5.74) is 3.74. The van der Waals surface area contributed by atoms with E-state index in [4.69, 9.17) is 16.3 Å². The fraction of sp³-hybridized carbons (Fsp3) is 0.250. The zero-order chi connectivity index (χ0) is 25.5. The van der Waals surface area contributed by atoms with Crippen LogP contribution in [0.25, 0.3) is 17.1 Å². The molecular formula is C28H29ClN4O2S.